The van der Waals surface area contributed by atoms with Gasteiger partial charge in [-0.2, -0.15) is 0 Å². The minimum absolute atomic E-state index is 0.0219. The van der Waals surface area contributed by atoms with E-state index in [1.54, 1.807) is 4.90 Å². The Labute approximate surface area is 140 Å². The second-order valence-corrected chi connectivity index (χ2v) is 7.06. The van der Waals surface area contributed by atoms with Gasteiger partial charge < -0.3 is 20.6 Å². The van der Waals surface area contributed by atoms with Crippen LogP contribution in [0.1, 0.15) is 25.7 Å². The molecule has 7 nitrogen and oxygen atoms in total. The Bertz CT molecular complexity index is 442. The number of carbonyl (C=O) groups excluding carboxylic acids is 3. The van der Waals surface area contributed by atoms with Gasteiger partial charge in [0.15, 0.2) is 0 Å². The highest BCUT2D eigenvalue weighted by Crippen LogP contribution is 2.25. The molecule has 3 amide bonds. The Balaban J connectivity index is 1.46. The fourth-order valence-electron chi connectivity index (χ4n) is 2.57. The molecule has 3 N–H and O–H groups in total. The van der Waals surface area contributed by atoms with E-state index in [-0.39, 0.29) is 29.2 Å². The second kappa shape index (κ2) is 9.12. The minimum atomic E-state index is -0.889. The summed E-state index contributed by atoms with van der Waals surface area (Å²) in [6.45, 7) is 2.06. The molecule has 0 unspecified atom stereocenters. The molecule has 1 atom stereocenters. The van der Waals surface area contributed by atoms with Crippen LogP contribution in [0.3, 0.4) is 0 Å². The largest absolute Gasteiger partial charge is 0.383 e. The smallest absolute Gasteiger partial charge is 0.251 e. The third-order valence-electron chi connectivity index (χ3n) is 4.25. The highest BCUT2D eigenvalue weighted by atomic mass is 32.2. The SMILES string of the molecule is O=C(CSCC(=O)NCC1CCC1)NCCN1CC[C@H](O)C1=O. The maximum absolute atomic E-state index is 11.6. The number of nitrogens with one attached hydrogen (secondary N) is 2. The van der Waals surface area contributed by atoms with Gasteiger partial charge in [0.1, 0.15) is 6.10 Å². The summed E-state index contributed by atoms with van der Waals surface area (Å²) in [6, 6.07) is 0. The molecule has 1 aliphatic carbocycles. The van der Waals surface area contributed by atoms with Gasteiger partial charge in [-0.15, -0.1) is 11.8 Å². The van der Waals surface area contributed by atoms with E-state index in [0.717, 1.165) is 6.54 Å². The van der Waals surface area contributed by atoms with Crippen molar-refractivity contribution in [2.24, 2.45) is 5.92 Å². The molecule has 0 radical (unpaired) electrons. The van der Waals surface area contributed by atoms with Gasteiger partial charge in [0.05, 0.1) is 11.5 Å². The molecule has 0 spiro atoms. The topological polar surface area (TPSA) is 98.7 Å². The number of rotatable bonds is 9. The molecule has 1 saturated carbocycles. The van der Waals surface area contributed by atoms with E-state index < -0.39 is 6.10 Å². The Morgan fingerprint density at radius 3 is 2.43 bits per heavy atom. The molecular formula is C15H25N3O4S. The molecule has 1 saturated heterocycles. The van der Waals surface area contributed by atoms with Crippen molar-refractivity contribution in [2.45, 2.75) is 31.8 Å². The highest BCUT2D eigenvalue weighted by molar-refractivity contribution is 8.00. The Kier molecular flexibility index (Phi) is 7.16. The highest BCUT2D eigenvalue weighted by Gasteiger charge is 2.29. The lowest BCUT2D eigenvalue weighted by molar-refractivity contribution is -0.134. The van der Waals surface area contributed by atoms with Crippen LogP contribution in [0, 0.1) is 5.92 Å². The van der Waals surface area contributed by atoms with E-state index in [4.69, 9.17) is 0 Å². The molecular weight excluding hydrogens is 318 g/mol. The van der Waals surface area contributed by atoms with Crippen LogP contribution in [0.2, 0.25) is 0 Å². The van der Waals surface area contributed by atoms with Gasteiger partial charge in [0, 0.05) is 26.2 Å². The standard InChI is InChI=1S/C15H25N3O4S/c19-12-4-6-18(15(12)22)7-5-16-13(20)9-23-10-14(21)17-8-11-2-1-3-11/h11-12,19H,1-10H2,(H,16,20)(H,17,21)/t12-/m0/s1. The van der Waals surface area contributed by atoms with Crippen molar-refractivity contribution in [2.75, 3.05) is 37.7 Å². The third-order valence-corrected chi connectivity index (χ3v) is 5.18. The van der Waals surface area contributed by atoms with Gasteiger partial charge in [-0.05, 0) is 25.2 Å². The van der Waals surface area contributed by atoms with Crippen molar-refractivity contribution in [1.29, 1.82) is 0 Å². The molecule has 2 aliphatic rings. The van der Waals surface area contributed by atoms with Gasteiger partial charge in [0.2, 0.25) is 11.8 Å². The Morgan fingerprint density at radius 2 is 1.87 bits per heavy atom. The van der Waals surface area contributed by atoms with Gasteiger partial charge in [-0.3, -0.25) is 14.4 Å². The summed E-state index contributed by atoms with van der Waals surface area (Å²) in [4.78, 5) is 36.3. The monoisotopic (exact) mass is 343 g/mol. The van der Waals surface area contributed by atoms with E-state index in [9.17, 15) is 19.5 Å². The number of hydrogen-bond donors (Lipinski definition) is 3. The molecule has 1 heterocycles. The minimum Gasteiger partial charge on any atom is -0.383 e. The van der Waals surface area contributed by atoms with Crippen molar-refractivity contribution < 1.29 is 19.5 Å². The molecule has 0 aromatic rings. The summed E-state index contributed by atoms with van der Waals surface area (Å²) >= 11 is 1.29. The van der Waals surface area contributed by atoms with Crippen LogP contribution in [-0.4, -0.2) is 71.5 Å². The summed E-state index contributed by atoms with van der Waals surface area (Å²) in [6.07, 6.45) is 3.23. The summed E-state index contributed by atoms with van der Waals surface area (Å²) in [5.41, 5.74) is 0. The Hall–Kier alpha value is -1.28. The predicted molar refractivity (Wildman–Crippen MR) is 87.9 cm³/mol. The van der Waals surface area contributed by atoms with E-state index >= 15 is 0 Å². The van der Waals surface area contributed by atoms with Crippen LogP contribution >= 0.6 is 11.8 Å². The molecule has 2 rings (SSSR count). The van der Waals surface area contributed by atoms with Crippen molar-refractivity contribution in [3.63, 3.8) is 0 Å². The van der Waals surface area contributed by atoms with E-state index in [1.165, 1.54) is 31.0 Å². The number of thioether (sulfide) groups is 1. The zero-order valence-corrected chi connectivity index (χ0v) is 14.1. The van der Waals surface area contributed by atoms with Crippen molar-refractivity contribution in [1.82, 2.24) is 15.5 Å². The molecule has 1 aliphatic heterocycles. The predicted octanol–water partition coefficient (Wildman–Crippen LogP) is -0.655. The lowest BCUT2D eigenvalue weighted by Crippen LogP contribution is -2.38. The molecule has 2 fully saturated rings. The number of aliphatic hydroxyl groups excluding tert-OH is 1. The maximum Gasteiger partial charge on any atom is 0.251 e. The zero-order chi connectivity index (χ0) is 16.7. The van der Waals surface area contributed by atoms with E-state index in [1.807, 2.05) is 0 Å². The lowest BCUT2D eigenvalue weighted by atomic mass is 9.85. The van der Waals surface area contributed by atoms with Crippen LogP contribution in [0.15, 0.2) is 0 Å². The molecule has 0 aromatic carbocycles. The quantitative estimate of drug-likeness (QED) is 0.516. The first-order valence-corrected chi connectivity index (χ1v) is 9.29. The number of amides is 3. The molecule has 0 aromatic heterocycles. The van der Waals surface area contributed by atoms with Crippen molar-refractivity contribution in [3.8, 4) is 0 Å². The lowest BCUT2D eigenvalue weighted by Gasteiger charge is -2.25. The first kappa shape index (κ1) is 18.1. The second-order valence-electron chi connectivity index (χ2n) is 6.07. The normalized spacial score (nSPS) is 21.2. The van der Waals surface area contributed by atoms with Crippen LogP contribution in [-0.2, 0) is 14.4 Å². The van der Waals surface area contributed by atoms with Crippen LogP contribution in [0.25, 0.3) is 0 Å². The van der Waals surface area contributed by atoms with Crippen molar-refractivity contribution >= 4 is 29.5 Å². The molecule has 130 valence electrons. The summed E-state index contributed by atoms with van der Waals surface area (Å²) < 4.78 is 0. The maximum atomic E-state index is 11.6. The number of nitrogens with zero attached hydrogens (tertiary/aromatic N) is 1. The van der Waals surface area contributed by atoms with E-state index in [2.05, 4.69) is 10.6 Å². The van der Waals surface area contributed by atoms with Crippen molar-refractivity contribution in [3.05, 3.63) is 0 Å². The number of likely N-dealkylation sites (tertiary alicyclic amines) is 1. The van der Waals surface area contributed by atoms with E-state index in [0.29, 0.717) is 32.0 Å². The summed E-state index contributed by atoms with van der Waals surface area (Å²) in [5, 5.41) is 14.9. The Morgan fingerprint density at radius 1 is 1.17 bits per heavy atom. The summed E-state index contributed by atoms with van der Waals surface area (Å²) in [7, 11) is 0. The number of aliphatic hydroxyl groups is 1. The first-order chi connectivity index (χ1) is 11.1. The summed E-state index contributed by atoms with van der Waals surface area (Å²) in [5.74, 6) is 0.723. The fraction of sp³-hybridized carbons (Fsp3) is 0.800. The van der Waals surface area contributed by atoms with Gasteiger partial charge >= 0.3 is 0 Å². The zero-order valence-electron chi connectivity index (χ0n) is 13.3. The van der Waals surface area contributed by atoms with Crippen LogP contribution < -0.4 is 10.6 Å². The third kappa shape index (κ3) is 6.02. The molecule has 8 heteroatoms. The number of hydrogen-bond acceptors (Lipinski definition) is 5. The average molecular weight is 343 g/mol. The van der Waals surface area contributed by atoms with Gasteiger partial charge in [-0.1, -0.05) is 6.42 Å². The molecule has 23 heavy (non-hydrogen) atoms. The first-order valence-electron chi connectivity index (χ1n) is 8.14. The van der Waals surface area contributed by atoms with Crippen LogP contribution in [0.4, 0.5) is 0 Å². The van der Waals surface area contributed by atoms with Gasteiger partial charge in [-0.25, -0.2) is 0 Å². The molecule has 0 bridgehead atoms. The average Bonchev–Trinajstić information content (AvgIpc) is 2.78. The van der Waals surface area contributed by atoms with Gasteiger partial charge in [0.25, 0.3) is 5.91 Å². The fourth-order valence-corrected chi connectivity index (χ4v) is 3.25. The van der Waals surface area contributed by atoms with Crippen LogP contribution in [0.5, 0.6) is 0 Å². The number of carbonyl (C=O) groups is 3.